The molecule has 252 valence electrons. The Morgan fingerprint density at radius 1 is 0.848 bits per heavy atom. The fourth-order valence-corrected chi connectivity index (χ4v) is 12.0. The number of hydrogen-bond donors (Lipinski definition) is 3. The molecule has 5 heteroatoms. The van der Waals surface area contributed by atoms with Crippen molar-refractivity contribution >= 4 is 17.9 Å². The third-order valence-electron chi connectivity index (χ3n) is 15.0. The molecule has 0 heterocycles. The maximum absolute atomic E-state index is 14.3. The molecule has 0 aliphatic heterocycles. The van der Waals surface area contributed by atoms with Gasteiger partial charge in [0.25, 0.3) is 0 Å². The van der Waals surface area contributed by atoms with Gasteiger partial charge in [0.2, 0.25) is 11.8 Å². The van der Waals surface area contributed by atoms with E-state index in [2.05, 4.69) is 65.2 Å². The second-order valence-corrected chi connectivity index (χ2v) is 18.0. The van der Waals surface area contributed by atoms with Crippen LogP contribution in [0.5, 0.6) is 0 Å². The van der Waals surface area contributed by atoms with E-state index in [4.69, 9.17) is 0 Å². The van der Waals surface area contributed by atoms with Gasteiger partial charge in [0.15, 0.2) is 0 Å². The van der Waals surface area contributed by atoms with E-state index in [0.29, 0.717) is 24.9 Å². The highest BCUT2D eigenvalue weighted by Gasteiger charge is 2.69. The van der Waals surface area contributed by atoms with Crippen molar-refractivity contribution in [3.05, 3.63) is 53.6 Å². The van der Waals surface area contributed by atoms with Gasteiger partial charge in [0.1, 0.15) is 0 Å². The molecule has 1 aromatic rings. The molecule has 4 saturated carbocycles. The largest absolute Gasteiger partial charge is 0.393 e. The Morgan fingerprint density at radius 3 is 2.28 bits per heavy atom. The molecular weight excluding hydrogens is 568 g/mol. The Kier molecular flexibility index (Phi) is 8.47. The van der Waals surface area contributed by atoms with Crippen LogP contribution in [-0.4, -0.2) is 36.1 Å². The average Bonchev–Trinajstić information content (AvgIpc) is 3.01. The van der Waals surface area contributed by atoms with E-state index in [0.717, 1.165) is 56.9 Å². The Hall–Kier alpha value is -2.40. The van der Waals surface area contributed by atoms with Gasteiger partial charge < -0.3 is 15.7 Å². The second-order valence-electron chi connectivity index (χ2n) is 18.0. The Morgan fingerprint density at radius 2 is 1.54 bits per heavy atom. The van der Waals surface area contributed by atoms with Gasteiger partial charge in [-0.2, -0.15) is 0 Å². The highest BCUT2D eigenvalue weighted by Crippen LogP contribution is 2.75. The van der Waals surface area contributed by atoms with Crippen molar-refractivity contribution in [2.24, 2.45) is 50.2 Å². The summed E-state index contributed by atoms with van der Waals surface area (Å²) in [6, 6.07) is 9.80. The second kappa shape index (κ2) is 11.6. The van der Waals surface area contributed by atoms with E-state index in [1.54, 1.807) is 11.6 Å². The van der Waals surface area contributed by atoms with Gasteiger partial charge in [-0.25, -0.2) is 0 Å². The maximum atomic E-state index is 14.3. The van der Waals surface area contributed by atoms with Crippen molar-refractivity contribution in [1.29, 1.82) is 0 Å². The van der Waals surface area contributed by atoms with E-state index in [1.807, 2.05) is 36.4 Å². The summed E-state index contributed by atoms with van der Waals surface area (Å²) in [6.07, 6.45) is 16.4. The molecule has 0 aromatic heterocycles. The van der Waals surface area contributed by atoms with E-state index in [-0.39, 0.29) is 56.3 Å². The lowest BCUT2D eigenvalue weighted by molar-refractivity contribution is -0.203. The molecular formula is C41H60N2O3. The molecule has 0 radical (unpaired) electrons. The van der Waals surface area contributed by atoms with Crippen LogP contribution in [0.2, 0.25) is 0 Å². The van der Waals surface area contributed by atoms with Gasteiger partial charge in [-0.15, -0.1) is 0 Å². The number of carbonyl (C=O) groups is 2. The molecule has 3 N–H and O–H groups in total. The van der Waals surface area contributed by atoms with Crippen LogP contribution in [0.4, 0.5) is 0 Å². The number of aliphatic hydroxyl groups excluding tert-OH is 1. The first-order valence-electron chi connectivity index (χ1n) is 18.3. The van der Waals surface area contributed by atoms with Gasteiger partial charge in [0.05, 0.1) is 11.5 Å². The predicted molar refractivity (Wildman–Crippen MR) is 187 cm³/mol. The number of benzene rings is 1. The average molecular weight is 629 g/mol. The third kappa shape index (κ3) is 5.22. The van der Waals surface area contributed by atoms with Crippen LogP contribution in [0.1, 0.15) is 118 Å². The fourth-order valence-electron chi connectivity index (χ4n) is 12.0. The molecule has 5 nitrogen and oxygen atoms in total. The summed E-state index contributed by atoms with van der Waals surface area (Å²) in [5.41, 5.74) is 2.83. The van der Waals surface area contributed by atoms with E-state index in [1.165, 1.54) is 12.8 Å². The number of amides is 2. The molecule has 0 unspecified atom stereocenters. The lowest BCUT2D eigenvalue weighted by atomic mass is 9.33. The molecule has 5 aliphatic rings. The first kappa shape index (κ1) is 33.5. The molecule has 0 saturated heterocycles. The number of aliphatic hydroxyl groups is 1. The zero-order valence-corrected chi connectivity index (χ0v) is 29.7. The third-order valence-corrected chi connectivity index (χ3v) is 15.0. The SMILES string of the molecule is CC1(C)CC[C@]2(C(=O)NCCNC(=O)/C=C/c3ccccc3)CC[C@]3(C)C(=CC[C@@H]4[C@@]5(C)CC[C@H](O)C(C)(C)[C@@H]5CC[C@]43C)[C@@H]2C1. The molecule has 4 fully saturated rings. The van der Waals surface area contributed by atoms with E-state index < -0.39 is 0 Å². The first-order chi connectivity index (χ1) is 21.6. The van der Waals surface area contributed by atoms with Crippen LogP contribution in [0.25, 0.3) is 6.08 Å². The lowest BCUT2D eigenvalue weighted by Gasteiger charge is -2.71. The summed E-state index contributed by atoms with van der Waals surface area (Å²) >= 11 is 0. The Balaban J connectivity index is 1.21. The zero-order valence-electron chi connectivity index (χ0n) is 29.7. The van der Waals surface area contributed by atoms with Crippen molar-refractivity contribution < 1.29 is 14.7 Å². The van der Waals surface area contributed by atoms with Crippen molar-refractivity contribution in [1.82, 2.24) is 10.6 Å². The number of allylic oxidation sites excluding steroid dienone is 2. The number of nitrogens with one attached hydrogen (secondary N) is 2. The fraction of sp³-hybridized carbons (Fsp3) is 0.707. The molecule has 8 atom stereocenters. The molecule has 46 heavy (non-hydrogen) atoms. The molecule has 0 bridgehead atoms. The minimum atomic E-state index is -0.376. The highest BCUT2D eigenvalue weighted by molar-refractivity contribution is 5.91. The van der Waals surface area contributed by atoms with Gasteiger partial charge in [0, 0.05) is 19.2 Å². The zero-order chi connectivity index (χ0) is 33.2. The molecule has 0 spiro atoms. The van der Waals surface area contributed by atoms with Crippen molar-refractivity contribution in [3.8, 4) is 0 Å². The standard InChI is InChI=1S/C41H60N2O3/c1-36(2)21-23-41(35(46)43-26-25-42-34(45)16-13-28-11-9-8-10-12-28)24-22-39(6)29(30(41)27-36)14-15-32-38(5)19-18-33(44)37(3,4)31(38)17-20-40(32,39)7/h8-14,16,30-33,44H,15,17-27H2,1-7H3,(H,42,45)(H,43,46)/b16-13+/t30-,31-,32+,33-,38-,39+,40+,41-/m0/s1. The smallest absolute Gasteiger partial charge is 0.244 e. The Labute approximate surface area is 278 Å². The van der Waals surface area contributed by atoms with Gasteiger partial charge in [-0.05, 0) is 121 Å². The van der Waals surface area contributed by atoms with E-state index >= 15 is 0 Å². The Bertz CT molecular complexity index is 1400. The van der Waals surface area contributed by atoms with E-state index in [9.17, 15) is 14.7 Å². The summed E-state index contributed by atoms with van der Waals surface area (Å²) in [5, 5.41) is 17.3. The van der Waals surface area contributed by atoms with Crippen LogP contribution >= 0.6 is 0 Å². The number of carbonyl (C=O) groups excluding carboxylic acids is 2. The van der Waals surface area contributed by atoms with Gasteiger partial charge >= 0.3 is 0 Å². The van der Waals surface area contributed by atoms with Crippen LogP contribution in [0.3, 0.4) is 0 Å². The van der Waals surface area contributed by atoms with Crippen LogP contribution in [0.15, 0.2) is 48.1 Å². The highest BCUT2D eigenvalue weighted by atomic mass is 16.3. The van der Waals surface area contributed by atoms with Crippen molar-refractivity contribution in [2.75, 3.05) is 13.1 Å². The normalized spacial score (nSPS) is 40.8. The number of fused-ring (bicyclic) bond motifs is 7. The minimum absolute atomic E-state index is 0.0515. The maximum Gasteiger partial charge on any atom is 0.244 e. The molecule has 1 aromatic carbocycles. The summed E-state index contributed by atoms with van der Waals surface area (Å²) < 4.78 is 0. The van der Waals surface area contributed by atoms with Gasteiger partial charge in [-0.3, -0.25) is 9.59 Å². The predicted octanol–water partition coefficient (Wildman–Crippen LogP) is 8.09. The summed E-state index contributed by atoms with van der Waals surface area (Å²) in [7, 11) is 0. The minimum Gasteiger partial charge on any atom is -0.393 e. The topological polar surface area (TPSA) is 78.4 Å². The van der Waals surface area contributed by atoms with Crippen LogP contribution in [-0.2, 0) is 9.59 Å². The van der Waals surface area contributed by atoms with Crippen LogP contribution < -0.4 is 10.6 Å². The lowest BCUT2D eigenvalue weighted by Crippen LogP contribution is -2.65. The number of rotatable bonds is 6. The first-order valence-corrected chi connectivity index (χ1v) is 18.3. The molecule has 2 amide bonds. The summed E-state index contributed by atoms with van der Waals surface area (Å²) in [5.74, 6) is 1.44. The summed E-state index contributed by atoms with van der Waals surface area (Å²) in [4.78, 5) is 26.7. The molecule has 5 aliphatic carbocycles. The molecule has 6 rings (SSSR count). The van der Waals surface area contributed by atoms with Crippen molar-refractivity contribution in [2.45, 2.75) is 119 Å². The van der Waals surface area contributed by atoms with Crippen molar-refractivity contribution in [3.63, 3.8) is 0 Å². The summed E-state index contributed by atoms with van der Waals surface area (Å²) in [6.45, 7) is 18.0. The monoisotopic (exact) mass is 628 g/mol. The quantitative estimate of drug-likeness (QED) is 0.169. The van der Waals surface area contributed by atoms with Crippen LogP contribution in [0, 0.1) is 50.2 Å². The van der Waals surface area contributed by atoms with Gasteiger partial charge in [-0.1, -0.05) is 90.4 Å². The number of hydrogen-bond acceptors (Lipinski definition) is 3.